The van der Waals surface area contributed by atoms with E-state index in [-0.39, 0.29) is 18.4 Å². The number of ether oxygens (including phenoxy) is 3. The number of benzene rings is 2. The molecule has 29 heavy (non-hydrogen) atoms. The first-order valence-corrected chi connectivity index (χ1v) is 9.84. The first-order chi connectivity index (χ1) is 14.0. The lowest BCUT2D eigenvalue weighted by Gasteiger charge is -2.23. The SMILES string of the molecule is CCN(CC(=O)Nc1ccc2c(c1)OCCO2)C(=O)[C@@H]1Cc2cc(Cl)ccc2O1. The standard InChI is InChI=1S/C21H21ClN2O5/c1-2-24(21(26)19-10-13-9-14(22)3-5-16(13)29-19)12-20(25)23-15-4-6-17-18(11-15)28-8-7-27-17/h3-6,9,11,19H,2,7-8,10,12H2,1H3,(H,23,25)/t19-/m0/s1. The summed E-state index contributed by atoms with van der Waals surface area (Å²) in [6.45, 7) is 3.13. The van der Waals surface area contributed by atoms with Crippen molar-refractivity contribution in [2.45, 2.75) is 19.4 Å². The molecule has 4 rings (SSSR count). The summed E-state index contributed by atoms with van der Waals surface area (Å²) >= 11 is 6.01. The molecule has 0 bridgehead atoms. The molecule has 0 aliphatic carbocycles. The molecule has 0 saturated heterocycles. The molecule has 2 aliphatic rings. The van der Waals surface area contributed by atoms with Crippen LogP contribution in [0.1, 0.15) is 12.5 Å². The molecule has 0 aromatic heterocycles. The monoisotopic (exact) mass is 416 g/mol. The summed E-state index contributed by atoms with van der Waals surface area (Å²) in [7, 11) is 0. The number of rotatable bonds is 5. The van der Waals surface area contributed by atoms with Crippen LogP contribution in [0.2, 0.25) is 5.02 Å². The minimum absolute atomic E-state index is 0.0687. The second kappa shape index (κ2) is 8.21. The average Bonchev–Trinajstić information content (AvgIpc) is 3.14. The number of likely N-dealkylation sites (N-methyl/N-ethyl adjacent to an activating group) is 1. The minimum atomic E-state index is -0.648. The molecule has 2 amide bonds. The van der Waals surface area contributed by atoms with E-state index in [1.807, 2.05) is 6.92 Å². The Morgan fingerprint density at radius 3 is 2.66 bits per heavy atom. The van der Waals surface area contributed by atoms with Gasteiger partial charge in [0.1, 0.15) is 19.0 Å². The highest BCUT2D eigenvalue weighted by molar-refractivity contribution is 6.30. The van der Waals surface area contributed by atoms with Gasteiger partial charge in [-0.25, -0.2) is 0 Å². The van der Waals surface area contributed by atoms with Crippen molar-refractivity contribution >= 4 is 29.1 Å². The van der Waals surface area contributed by atoms with Gasteiger partial charge in [0.2, 0.25) is 5.91 Å². The number of amides is 2. The van der Waals surface area contributed by atoms with Crippen molar-refractivity contribution in [3.63, 3.8) is 0 Å². The van der Waals surface area contributed by atoms with Crippen molar-refractivity contribution in [2.24, 2.45) is 0 Å². The number of carbonyl (C=O) groups excluding carboxylic acids is 2. The summed E-state index contributed by atoms with van der Waals surface area (Å²) in [4.78, 5) is 26.8. The number of halogens is 1. The van der Waals surface area contributed by atoms with Crippen molar-refractivity contribution in [3.8, 4) is 17.2 Å². The predicted molar refractivity (Wildman–Crippen MR) is 108 cm³/mol. The predicted octanol–water partition coefficient (Wildman–Crippen LogP) is 2.90. The molecule has 1 atom stereocenters. The molecule has 2 heterocycles. The fraction of sp³-hybridized carbons (Fsp3) is 0.333. The number of hydrogen-bond donors (Lipinski definition) is 1. The molecule has 2 aliphatic heterocycles. The van der Waals surface area contributed by atoms with Gasteiger partial charge in [-0.15, -0.1) is 0 Å². The summed E-state index contributed by atoms with van der Waals surface area (Å²) in [5.74, 6) is 1.38. The van der Waals surface area contributed by atoms with Crippen LogP contribution in [0.15, 0.2) is 36.4 Å². The van der Waals surface area contributed by atoms with Crippen molar-refractivity contribution < 1.29 is 23.8 Å². The summed E-state index contributed by atoms with van der Waals surface area (Å²) in [6, 6.07) is 10.5. The number of hydrogen-bond acceptors (Lipinski definition) is 5. The van der Waals surface area contributed by atoms with E-state index in [0.29, 0.717) is 54.1 Å². The number of nitrogens with one attached hydrogen (secondary N) is 1. The Labute approximate surface area is 173 Å². The Hall–Kier alpha value is -2.93. The van der Waals surface area contributed by atoms with Crippen molar-refractivity contribution in [3.05, 3.63) is 47.0 Å². The Morgan fingerprint density at radius 1 is 1.10 bits per heavy atom. The highest BCUT2D eigenvalue weighted by atomic mass is 35.5. The molecular weight excluding hydrogens is 396 g/mol. The zero-order chi connectivity index (χ0) is 20.4. The summed E-state index contributed by atoms with van der Waals surface area (Å²) in [6.07, 6.45) is -0.208. The lowest BCUT2D eigenvalue weighted by molar-refractivity contribution is -0.140. The maximum absolute atomic E-state index is 12.9. The van der Waals surface area contributed by atoms with Crippen LogP contribution in [0.4, 0.5) is 5.69 Å². The highest BCUT2D eigenvalue weighted by Crippen LogP contribution is 2.33. The van der Waals surface area contributed by atoms with Gasteiger partial charge in [-0.3, -0.25) is 9.59 Å². The normalized spacial score (nSPS) is 16.6. The van der Waals surface area contributed by atoms with Crippen molar-refractivity contribution in [1.82, 2.24) is 4.90 Å². The Bertz CT molecular complexity index is 949. The second-order valence-electron chi connectivity index (χ2n) is 6.82. The lowest BCUT2D eigenvalue weighted by atomic mass is 10.1. The highest BCUT2D eigenvalue weighted by Gasteiger charge is 2.32. The van der Waals surface area contributed by atoms with E-state index in [4.69, 9.17) is 25.8 Å². The first kappa shape index (κ1) is 19.4. The zero-order valence-corrected chi connectivity index (χ0v) is 16.7. The van der Waals surface area contributed by atoms with Gasteiger partial charge in [0.25, 0.3) is 5.91 Å². The molecule has 0 saturated carbocycles. The molecule has 2 aromatic rings. The average molecular weight is 417 g/mol. The second-order valence-corrected chi connectivity index (χ2v) is 7.26. The third kappa shape index (κ3) is 4.24. The van der Waals surface area contributed by atoms with Crippen molar-refractivity contribution in [2.75, 3.05) is 31.6 Å². The summed E-state index contributed by atoms with van der Waals surface area (Å²) in [5.41, 5.74) is 1.48. The van der Waals surface area contributed by atoms with E-state index in [2.05, 4.69) is 5.32 Å². The topological polar surface area (TPSA) is 77.1 Å². The third-order valence-electron chi connectivity index (χ3n) is 4.83. The van der Waals surface area contributed by atoms with E-state index in [1.165, 1.54) is 4.90 Å². The zero-order valence-electron chi connectivity index (χ0n) is 15.9. The number of carbonyl (C=O) groups is 2. The van der Waals surface area contributed by atoms with Crippen LogP contribution < -0.4 is 19.5 Å². The van der Waals surface area contributed by atoms with Gasteiger partial charge in [0.05, 0.1) is 6.54 Å². The van der Waals surface area contributed by atoms with Crippen LogP contribution in [0.5, 0.6) is 17.2 Å². The van der Waals surface area contributed by atoms with E-state index in [0.717, 1.165) is 5.56 Å². The smallest absolute Gasteiger partial charge is 0.264 e. The van der Waals surface area contributed by atoms with Crippen LogP contribution in [0, 0.1) is 0 Å². The van der Waals surface area contributed by atoms with Crippen LogP contribution in [0.25, 0.3) is 0 Å². The lowest BCUT2D eigenvalue weighted by Crippen LogP contribution is -2.44. The summed E-state index contributed by atoms with van der Waals surface area (Å²) in [5, 5.41) is 3.40. The summed E-state index contributed by atoms with van der Waals surface area (Å²) < 4.78 is 16.8. The van der Waals surface area contributed by atoms with Gasteiger partial charge >= 0.3 is 0 Å². The molecule has 7 nitrogen and oxygen atoms in total. The largest absolute Gasteiger partial charge is 0.486 e. The van der Waals surface area contributed by atoms with Gasteiger partial charge in [-0.1, -0.05) is 11.6 Å². The van der Waals surface area contributed by atoms with E-state index < -0.39 is 6.10 Å². The Morgan fingerprint density at radius 2 is 1.86 bits per heavy atom. The molecule has 1 N–H and O–H groups in total. The molecule has 0 spiro atoms. The maximum Gasteiger partial charge on any atom is 0.264 e. The third-order valence-corrected chi connectivity index (χ3v) is 5.06. The number of anilines is 1. The van der Waals surface area contributed by atoms with Gasteiger partial charge in [0.15, 0.2) is 17.6 Å². The first-order valence-electron chi connectivity index (χ1n) is 9.47. The number of nitrogens with zero attached hydrogens (tertiary/aromatic N) is 1. The number of fused-ring (bicyclic) bond motifs is 2. The molecule has 152 valence electrons. The van der Waals surface area contributed by atoms with Gasteiger partial charge in [-0.05, 0) is 42.8 Å². The van der Waals surface area contributed by atoms with Crippen LogP contribution in [0.3, 0.4) is 0 Å². The van der Waals surface area contributed by atoms with Crippen LogP contribution in [-0.4, -0.2) is 49.1 Å². The molecular formula is C21H21ClN2O5. The Balaban J connectivity index is 1.37. The van der Waals surface area contributed by atoms with Gasteiger partial charge in [0, 0.05) is 29.7 Å². The van der Waals surface area contributed by atoms with Crippen molar-refractivity contribution in [1.29, 1.82) is 0 Å². The fourth-order valence-electron chi connectivity index (χ4n) is 3.40. The van der Waals surface area contributed by atoms with Crippen LogP contribution in [-0.2, 0) is 16.0 Å². The van der Waals surface area contributed by atoms with E-state index in [9.17, 15) is 9.59 Å². The molecule has 2 aromatic carbocycles. The van der Waals surface area contributed by atoms with E-state index >= 15 is 0 Å². The van der Waals surface area contributed by atoms with Gasteiger partial charge < -0.3 is 24.4 Å². The van der Waals surface area contributed by atoms with Gasteiger partial charge in [-0.2, -0.15) is 0 Å². The molecule has 0 unspecified atom stereocenters. The minimum Gasteiger partial charge on any atom is -0.486 e. The fourth-order valence-corrected chi connectivity index (χ4v) is 3.59. The Kier molecular flexibility index (Phi) is 5.49. The van der Waals surface area contributed by atoms with E-state index in [1.54, 1.807) is 36.4 Å². The quantitative estimate of drug-likeness (QED) is 0.811. The molecule has 0 fully saturated rings. The molecule has 0 radical (unpaired) electrons. The van der Waals surface area contributed by atoms with Crippen LogP contribution >= 0.6 is 11.6 Å². The molecule has 8 heteroatoms. The maximum atomic E-state index is 12.9.